The van der Waals surface area contributed by atoms with Crippen LogP contribution in [0.25, 0.3) is 27.0 Å². The minimum Gasteiger partial charge on any atom is -0.480 e. The maximum absolute atomic E-state index is 14.8. The Morgan fingerprint density at radius 2 is 1.98 bits per heavy atom. The van der Waals surface area contributed by atoms with E-state index in [-0.39, 0.29) is 16.5 Å². The molecule has 1 amide bonds. The molecule has 0 radical (unpaired) electrons. The van der Waals surface area contributed by atoms with E-state index in [1.165, 1.54) is 28.0 Å². The highest BCUT2D eigenvalue weighted by molar-refractivity contribution is 7.22. The van der Waals surface area contributed by atoms with Gasteiger partial charge in [0.1, 0.15) is 23.5 Å². The van der Waals surface area contributed by atoms with Gasteiger partial charge in [0.15, 0.2) is 10.9 Å². The lowest BCUT2D eigenvalue weighted by atomic mass is 9.63. The standard InChI is InChI=1S/C31H29FN4O4S/c1-17-4-2-3-5-21(17)26-25(28(40-35-26)18-6-7-18)20-14-31(15-20)8-10-36(11-9-31)30-34-27-22(32)12-19(13-23(27)41-30)29(39)33-16-24(37)38/h2-5,12-14,18H,6-11,15-16H2,1H3,(H,33,39)(H,37,38). The van der Waals surface area contributed by atoms with Crippen LogP contribution in [0, 0.1) is 18.2 Å². The highest BCUT2D eigenvalue weighted by atomic mass is 32.1. The lowest BCUT2D eigenvalue weighted by molar-refractivity contribution is -0.135. The van der Waals surface area contributed by atoms with Crippen molar-refractivity contribution in [3.63, 3.8) is 0 Å². The number of anilines is 1. The molecule has 2 N–H and O–H groups in total. The third kappa shape index (κ3) is 4.69. The molecule has 0 bridgehead atoms. The Kier molecular flexibility index (Phi) is 6.19. The van der Waals surface area contributed by atoms with E-state index in [2.05, 4.69) is 45.5 Å². The number of carboxylic acid groups (broad SMARTS) is 1. The van der Waals surface area contributed by atoms with Gasteiger partial charge in [-0.2, -0.15) is 0 Å². The maximum Gasteiger partial charge on any atom is 0.322 e. The molecule has 2 aromatic heterocycles. The number of allylic oxidation sites excluding steroid dienone is 2. The van der Waals surface area contributed by atoms with Crippen LogP contribution in [0.3, 0.4) is 0 Å². The predicted octanol–water partition coefficient (Wildman–Crippen LogP) is 6.16. The molecule has 2 aliphatic carbocycles. The van der Waals surface area contributed by atoms with Crippen LogP contribution in [0.15, 0.2) is 47.0 Å². The molecule has 10 heteroatoms. The zero-order chi connectivity index (χ0) is 28.3. The molecule has 2 fully saturated rings. The van der Waals surface area contributed by atoms with Gasteiger partial charge >= 0.3 is 5.97 Å². The largest absolute Gasteiger partial charge is 0.480 e. The van der Waals surface area contributed by atoms with Gasteiger partial charge in [-0.3, -0.25) is 9.59 Å². The van der Waals surface area contributed by atoms with Crippen LogP contribution >= 0.6 is 11.3 Å². The SMILES string of the molecule is Cc1ccccc1-c1noc(C2CC2)c1C1=CC2(CCN(c3nc4c(F)cc(C(=O)NCC(=O)O)cc4s3)CC2)C1. The molecule has 1 spiro atoms. The van der Waals surface area contributed by atoms with E-state index in [0.29, 0.717) is 10.6 Å². The number of carboxylic acids is 1. The van der Waals surface area contributed by atoms with Crippen molar-refractivity contribution in [3.8, 4) is 11.3 Å². The Morgan fingerprint density at radius 3 is 2.68 bits per heavy atom. The minimum absolute atomic E-state index is 0.0838. The fourth-order valence-electron chi connectivity index (χ4n) is 6.11. The number of aryl methyl sites for hydroxylation is 1. The number of benzene rings is 2. The van der Waals surface area contributed by atoms with Crippen LogP contribution in [0.4, 0.5) is 9.52 Å². The molecule has 1 aliphatic heterocycles. The highest BCUT2D eigenvalue weighted by Crippen LogP contribution is 2.56. The summed E-state index contributed by atoms with van der Waals surface area (Å²) in [6.45, 7) is 3.20. The summed E-state index contributed by atoms with van der Waals surface area (Å²) in [6, 6.07) is 11.0. The second kappa shape index (κ2) is 9.80. The topological polar surface area (TPSA) is 109 Å². The van der Waals surface area contributed by atoms with E-state index in [1.54, 1.807) is 6.07 Å². The Hall–Kier alpha value is -4.05. The van der Waals surface area contributed by atoms with Gasteiger partial charge in [0.2, 0.25) is 0 Å². The van der Waals surface area contributed by atoms with Crippen LogP contribution in [-0.2, 0) is 4.79 Å². The van der Waals surface area contributed by atoms with E-state index < -0.39 is 24.2 Å². The van der Waals surface area contributed by atoms with Crippen molar-refractivity contribution in [1.82, 2.24) is 15.5 Å². The van der Waals surface area contributed by atoms with E-state index in [1.807, 2.05) is 12.1 Å². The normalized spacial score (nSPS) is 17.9. The monoisotopic (exact) mass is 572 g/mol. The fraction of sp³-hybridized carbons (Fsp3) is 0.355. The molecule has 1 saturated heterocycles. The first-order valence-electron chi connectivity index (χ1n) is 13.9. The van der Waals surface area contributed by atoms with E-state index >= 15 is 0 Å². The molecule has 41 heavy (non-hydrogen) atoms. The molecule has 2 aromatic carbocycles. The third-order valence-electron chi connectivity index (χ3n) is 8.54. The predicted molar refractivity (Wildman–Crippen MR) is 155 cm³/mol. The number of halogens is 1. The van der Waals surface area contributed by atoms with Crippen molar-refractivity contribution < 1.29 is 23.6 Å². The number of carbonyl (C=O) groups excluding carboxylic acids is 1. The first kappa shape index (κ1) is 25.9. The number of hydrogen-bond donors (Lipinski definition) is 2. The summed E-state index contributed by atoms with van der Waals surface area (Å²) in [6.07, 6.45) is 7.68. The van der Waals surface area contributed by atoms with Gasteiger partial charge in [-0.1, -0.05) is 46.8 Å². The summed E-state index contributed by atoms with van der Waals surface area (Å²) in [5.41, 5.74) is 6.24. The number of piperidine rings is 1. The molecule has 0 unspecified atom stereocenters. The number of nitrogens with zero attached hydrogens (tertiary/aromatic N) is 3. The number of carbonyl (C=O) groups is 2. The smallest absolute Gasteiger partial charge is 0.322 e. The number of aromatic nitrogens is 2. The van der Waals surface area contributed by atoms with Crippen LogP contribution < -0.4 is 10.2 Å². The van der Waals surface area contributed by atoms with Gasteiger partial charge in [-0.05, 0) is 67.7 Å². The molecular formula is C31H29FN4O4S. The summed E-state index contributed by atoms with van der Waals surface area (Å²) in [5.74, 6) is -0.867. The van der Waals surface area contributed by atoms with E-state index in [9.17, 15) is 14.0 Å². The van der Waals surface area contributed by atoms with Crippen molar-refractivity contribution in [3.05, 3.63) is 70.7 Å². The number of hydrogen-bond acceptors (Lipinski definition) is 7. The summed E-state index contributed by atoms with van der Waals surface area (Å²) < 4.78 is 21.3. The molecule has 3 aliphatic rings. The molecule has 7 rings (SSSR count). The quantitative estimate of drug-likeness (QED) is 0.273. The zero-order valence-electron chi connectivity index (χ0n) is 22.6. The summed E-state index contributed by atoms with van der Waals surface area (Å²) >= 11 is 1.35. The number of thiazole rings is 1. The molecule has 210 valence electrons. The minimum atomic E-state index is -1.16. The zero-order valence-corrected chi connectivity index (χ0v) is 23.4. The van der Waals surface area contributed by atoms with Crippen molar-refractivity contribution in [1.29, 1.82) is 0 Å². The molecule has 8 nitrogen and oxygen atoms in total. The number of aliphatic carboxylic acids is 1. The third-order valence-corrected chi connectivity index (χ3v) is 9.60. The fourth-order valence-corrected chi connectivity index (χ4v) is 7.18. The number of rotatable bonds is 7. The van der Waals surface area contributed by atoms with E-state index in [0.717, 1.165) is 73.4 Å². The molecule has 1 saturated carbocycles. The Bertz CT molecular complexity index is 1730. The first-order chi connectivity index (χ1) is 19.8. The van der Waals surface area contributed by atoms with Gasteiger partial charge in [0, 0.05) is 35.7 Å². The van der Waals surface area contributed by atoms with Gasteiger partial charge in [-0.25, -0.2) is 9.37 Å². The summed E-state index contributed by atoms with van der Waals surface area (Å²) in [7, 11) is 0. The van der Waals surface area contributed by atoms with Crippen molar-refractivity contribution in [2.75, 3.05) is 24.5 Å². The highest BCUT2D eigenvalue weighted by Gasteiger charge is 2.44. The number of fused-ring (bicyclic) bond motifs is 1. The van der Waals surface area contributed by atoms with Crippen molar-refractivity contribution in [2.24, 2.45) is 5.41 Å². The Morgan fingerprint density at radius 1 is 1.22 bits per heavy atom. The lowest BCUT2D eigenvalue weighted by Crippen LogP contribution is -2.42. The van der Waals surface area contributed by atoms with Gasteiger partial charge in [-0.15, -0.1) is 0 Å². The average Bonchev–Trinajstić information content (AvgIpc) is 3.54. The Labute approximate surface area is 239 Å². The van der Waals surface area contributed by atoms with Crippen LogP contribution in [-0.4, -0.2) is 46.8 Å². The van der Waals surface area contributed by atoms with Gasteiger partial charge in [0.05, 0.1) is 4.70 Å². The second-order valence-corrected chi connectivity index (χ2v) is 12.4. The first-order valence-corrected chi connectivity index (χ1v) is 14.7. The van der Waals surface area contributed by atoms with Crippen LogP contribution in [0.2, 0.25) is 0 Å². The average molecular weight is 573 g/mol. The summed E-state index contributed by atoms with van der Waals surface area (Å²) in [5, 5.41) is 16.4. The van der Waals surface area contributed by atoms with Crippen LogP contribution in [0.5, 0.6) is 0 Å². The van der Waals surface area contributed by atoms with Gasteiger partial charge < -0.3 is 19.8 Å². The van der Waals surface area contributed by atoms with Crippen LogP contribution in [0.1, 0.15) is 65.3 Å². The molecular weight excluding hydrogens is 543 g/mol. The van der Waals surface area contributed by atoms with Gasteiger partial charge in [0.25, 0.3) is 5.91 Å². The Balaban J connectivity index is 1.09. The number of nitrogens with one attached hydrogen (secondary N) is 1. The number of amides is 1. The van der Waals surface area contributed by atoms with E-state index in [4.69, 9.17) is 9.63 Å². The maximum atomic E-state index is 14.8. The lowest BCUT2D eigenvalue weighted by Gasteiger charge is -2.46. The second-order valence-electron chi connectivity index (χ2n) is 11.4. The molecule has 3 heterocycles. The molecule has 0 atom stereocenters. The summed E-state index contributed by atoms with van der Waals surface area (Å²) in [4.78, 5) is 29.8. The van der Waals surface area contributed by atoms with Crippen molar-refractivity contribution >= 4 is 44.1 Å². The molecule has 4 aromatic rings. The van der Waals surface area contributed by atoms with Crippen molar-refractivity contribution in [2.45, 2.75) is 44.9 Å².